The van der Waals surface area contributed by atoms with Crippen LogP contribution >= 0.6 is 0 Å². The number of carbonyl (C=O) groups excluding carboxylic acids is 3. The molecule has 1 unspecified atom stereocenters. The topological polar surface area (TPSA) is 88.1 Å². The largest absolute Gasteiger partial charge is 0.469 e. The minimum absolute atomic E-state index is 0.0968. The van der Waals surface area contributed by atoms with Crippen LogP contribution in [0, 0.1) is 5.82 Å². The molecule has 1 aliphatic rings. The van der Waals surface area contributed by atoms with Crippen molar-refractivity contribution in [3.05, 3.63) is 89.2 Å². The van der Waals surface area contributed by atoms with Crippen LogP contribution in [0.4, 0.5) is 21.5 Å². The van der Waals surface area contributed by atoms with Gasteiger partial charge in [0.1, 0.15) is 11.7 Å². The molecule has 0 aliphatic carbocycles. The molecule has 1 N–H and O–H groups in total. The van der Waals surface area contributed by atoms with Crippen molar-refractivity contribution in [1.29, 1.82) is 0 Å². The number of rotatable bonds is 6. The molecule has 0 saturated heterocycles. The highest BCUT2D eigenvalue weighted by atomic mass is 19.1. The zero-order chi connectivity index (χ0) is 25.1. The highest BCUT2D eigenvalue weighted by molar-refractivity contribution is 6.24. The Bertz CT molecular complexity index is 1320. The number of benzene rings is 3. The van der Waals surface area contributed by atoms with Crippen LogP contribution in [0.5, 0.6) is 0 Å². The van der Waals surface area contributed by atoms with E-state index in [9.17, 15) is 18.8 Å². The first-order valence-electron chi connectivity index (χ1n) is 11.0. The fourth-order valence-electron chi connectivity index (χ4n) is 3.91. The van der Waals surface area contributed by atoms with E-state index in [-0.39, 0.29) is 24.2 Å². The van der Waals surface area contributed by atoms with E-state index in [0.29, 0.717) is 33.9 Å². The van der Waals surface area contributed by atoms with Crippen LogP contribution in [0.15, 0.2) is 71.7 Å². The van der Waals surface area contributed by atoms with Crippen LogP contribution in [0.3, 0.4) is 0 Å². The lowest BCUT2D eigenvalue weighted by molar-refractivity contribution is -0.139. The van der Waals surface area contributed by atoms with E-state index in [2.05, 4.69) is 5.32 Å². The molecule has 3 aromatic carbocycles. The van der Waals surface area contributed by atoms with E-state index in [0.717, 1.165) is 5.56 Å². The first-order chi connectivity index (χ1) is 16.8. The number of fused-ring (bicyclic) bond motifs is 1. The van der Waals surface area contributed by atoms with Crippen molar-refractivity contribution in [1.82, 2.24) is 0 Å². The third kappa shape index (κ3) is 5.11. The van der Waals surface area contributed by atoms with E-state index in [1.165, 1.54) is 31.1 Å². The molecule has 35 heavy (non-hydrogen) atoms. The first-order valence-corrected chi connectivity index (χ1v) is 11.0. The average molecular weight is 474 g/mol. The Labute approximate surface area is 202 Å². The quantitative estimate of drug-likeness (QED) is 0.425. The Balaban J connectivity index is 1.77. The Morgan fingerprint density at radius 3 is 2.37 bits per heavy atom. The van der Waals surface area contributed by atoms with Gasteiger partial charge in [-0.2, -0.15) is 0 Å². The van der Waals surface area contributed by atoms with Gasteiger partial charge >= 0.3 is 5.97 Å². The normalized spacial score (nSPS) is 14.8. The summed E-state index contributed by atoms with van der Waals surface area (Å²) in [6.07, 6.45) is 0.125. The van der Waals surface area contributed by atoms with Crippen molar-refractivity contribution < 1.29 is 23.5 Å². The van der Waals surface area contributed by atoms with Crippen molar-refractivity contribution in [2.24, 2.45) is 4.99 Å². The van der Waals surface area contributed by atoms with E-state index < -0.39 is 11.7 Å². The molecule has 0 fully saturated rings. The number of hydrogen-bond donors (Lipinski definition) is 1. The Hall–Kier alpha value is -4.33. The van der Waals surface area contributed by atoms with Gasteiger partial charge in [-0.3, -0.25) is 19.4 Å². The van der Waals surface area contributed by atoms with Gasteiger partial charge in [-0.15, -0.1) is 0 Å². The minimum Gasteiger partial charge on any atom is -0.469 e. The number of anilines is 2. The van der Waals surface area contributed by atoms with Crippen LogP contribution in [0.1, 0.15) is 29.5 Å². The predicted molar refractivity (Wildman–Crippen MR) is 132 cm³/mol. The summed E-state index contributed by atoms with van der Waals surface area (Å²) in [6, 6.07) is 18.4. The van der Waals surface area contributed by atoms with Crippen molar-refractivity contribution >= 4 is 40.6 Å². The third-order valence-electron chi connectivity index (χ3n) is 5.90. The second kappa shape index (κ2) is 9.89. The lowest BCUT2D eigenvalue weighted by atomic mass is 9.90. The van der Waals surface area contributed by atoms with E-state index in [1.54, 1.807) is 61.6 Å². The van der Waals surface area contributed by atoms with Gasteiger partial charge in [0, 0.05) is 25.3 Å². The molecule has 178 valence electrons. The highest BCUT2D eigenvalue weighted by Crippen LogP contribution is 2.37. The number of ether oxygens (including phenoxy) is 1. The van der Waals surface area contributed by atoms with Crippen molar-refractivity contribution in [2.45, 2.75) is 19.3 Å². The standard InChI is InChI=1S/C27H24FN3O4/c1-16(32)31(2)21-11-9-20(10-12-21)29-26(18-6-4-17(5-7-18)14-24(33)35-3)25-22-13-8-19(28)15-23(22)30-27(25)34/h4-13,15,25H,14H2,1-3H3,(H,30,34). The average Bonchev–Trinajstić information content (AvgIpc) is 3.17. The number of nitrogens with zero attached hydrogens (tertiary/aromatic N) is 2. The zero-order valence-electron chi connectivity index (χ0n) is 19.5. The number of esters is 1. The fraction of sp³-hybridized carbons (Fsp3) is 0.185. The maximum absolute atomic E-state index is 13.8. The van der Waals surface area contributed by atoms with E-state index in [1.807, 2.05) is 0 Å². The summed E-state index contributed by atoms with van der Waals surface area (Å²) in [5.41, 5.74) is 4.25. The van der Waals surface area contributed by atoms with Crippen molar-refractivity contribution in [3.63, 3.8) is 0 Å². The predicted octanol–water partition coefficient (Wildman–Crippen LogP) is 4.38. The van der Waals surface area contributed by atoms with Gasteiger partial charge in [-0.25, -0.2) is 4.39 Å². The van der Waals surface area contributed by atoms with Crippen LogP contribution in [-0.2, 0) is 25.5 Å². The molecule has 4 rings (SSSR count). The molecular formula is C27H24FN3O4. The Morgan fingerprint density at radius 2 is 1.74 bits per heavy atom. The van der Waals surface area contributed by atoms with Crippen molar-refractivity contribution in [3.8, 4) is 0 Å². The van der Waals surface area contributed by atoms with Gasteiger partial charge in [0.2, 0.25) is 11.8 Å². The summed E-state index contributed by atoms with van der Waals surface area (Å²) >= 11 is 0. The maximum atomic E-state index is 13.8. The monoisotopic (exact) mass is 473 g/mol. The summed E-state index contributed by atoms with van der Waals surface area (Å²) in [5, 5.41) is 2.74. The number of halogens is 1. The molecule has 0 saturated carbocycles. The van der Waals surface area contributed by atoms with E-state index >= 15 is 0 Å². The van der Waals surface area contributed by atoms with Crippen molar-refractivity contribution in [2.75, 3.05) is 24.4 Å². The van der Waals surface area contributed by atoms with Crippen LogP contribution in [0.2, 0.25) is 0 Å². The summed E-state index contributed by atoms with van der Waals surface area (Å²) in [7, 11) is 3.01. The van der Waals surface area contributed by atoms with Gasteiger partial charge in [0.15, 0.2) is 0 Å². The Morgan fingerprint density at radius 1 is 1.06 bits per heavy atom. The van der Waals surface area contributed by atoms with Gasteiger partial charge in [-0.05, 0) is 53.1 Å². The van der Waals surface area contributed by atoms with E-state index in [4.69, 9.17) is 9.73 Å². The summed E-state index contributed by atoms with van der Waals surface area (Å²) in [6.45, 7) is 1.48. The number of nitrogens with one attached hydrogen (secondary N) is 1. The molecule has 3 aromatic rings. The maximum Gasteiger partial charge on any atom is 0.309 e. The number of methoxy groups -OCH3 is 1. The molecule has 7 nitrogen and oxygen atoms in total. The third-order valence-corrected chi connectivity index (χ3v) is 5.90. The molecule has 1 atom stereocenters. The summed E-state index contributed by atoms with van der Waals surface area (Å²) in [4.78, 5) is 42.6. The fourth-order valence-corrected chi connectivity index (χ4v) is 3.91. The summed E-state index contributed by atoms with van der Waals surface area (Å²) in [5.74, 6) is -1.96. The zero-order valence-corrected chi connectivity index (χ0v) is 19.5. The molecule has 0 aromatic heterocycles. The molecule has 1 heterocycles. The minimum atomic E-state index is -0.753. The lowest BCUT2D eigenvalue weighted by Crippen LogP contribution is -2.22. The second-order valence-corrected chi connectivity index (χ2v) is 8.20. The number of hydrogen-bond acceptors (Lipinski definition) is 5. The van der Waals surface area contributed by atoms with Crippen LogP contribution in [0.25, 0.3) is 0 Å². The van der Waals surface area contributed by atoms with Gasteiger partial charge < -0.3 is 15.0 Å². The molecule has 2 amide bonds. The highest BCUT2D eigenvalue weighted by Gasteiger charge is 2.35. The van der Waals surface area contributed by atoms with Gasteiger partial charge in [0.05, 0.1) is 24.9 Å². The first kappa shape index (κ1) is 23.8. The number of amides is 2. The van der Waals surface area contributed by atoms with Gasteiger partial charge in [-0.1, -0.05) is 30.3 Å². The molecule has 0 bridgehead atoms. The van der Waals surface area contributed by atoms with Crippen LogP contribution < -0.4 is 10.2 Å². The lowest BCUT2D eigenvalue weighted by Gasteiger charge is -2.16. The molecule has 0 radical (unpaired) electrons. The summed E-state index contributed by atoms with van der Waals surface area (Å²) < 4.78 is 18.5. The second-order valence-electron chi connectivity index (χ2n) is 8.20. The SMILES string of the molecule is COC(=O)Cc1ccc(C(=Nc2ccc(N(C)C(C)=O)cc2)C2C(=O)Nc3cc(F)ccc32)cc1. The molecule has 8 heteroatoms. The molecule has 0 spiro atoms. The Kier molecular flexibility index (Phi) is 6.73. The van der Waals surface area contributed by atoms with Crippen LogP contribution in [-0.4, -0.2) is 37.7 Å². The number of aliphatic imine (C=N–C) groups is 1. The molecular weight excluding hydrogens is 449 g/mol. The van der Waals surface area contributed by atoms with Gasteiger partial charge in [0.25, 0.3) is 0 Å². The number of carbonyl (C=O) groups is 3. The smallest absolute Gasteiger partial charge is 0.309 e. The molecule has 1 aliphatic heterocycles.